The monoisotopic (exact) mass is 340 g/mol. The van der Waals surface area contributed by atoms with Crippen molar-refractivity contribution in [1.29, 1.82) is 0 Å². The zero-order valence-electron chi connectivity index (χ0n) is 13.3. The molecule has 2 aromatic heterocycles. The lowest BCUT2D eigenvalue weighted by atomic mass is 10.2. The Labute approximate surface area is 142 Å². The minimum atomic E-state index is -0.711. The quantitative estimate of drug-likeness (QED) is 0.742. The number of nitrogens with zero attached hydrogens (tertiary/aromatic N) is 5. The molecule has 1 aromatic carbocycles. The molecule has 9 heteroatoms. The average Bonchev–Trinajstić information content (AvgIpc) is 3.36. The van der Waals surface area contributed by atoms with E-state index in [1.807, 2.05) is 30.3 Å². The lowest BCUT2D eigenvalue weighted by molar-refractivity contribution is 0.0987. The summed E-state index contributed by atoms with van der Waals surface area (Å²) in [5, 5.41) is 7.64. The van der Waals surface area contributed by atoms with Gasteiger partial charge in [0.2, 0.25) is 17.6 Å². The lowest BCUT2D eigenvalue weighted by Crippen LogP contribution is -2.23. The molecule has 2 N–H and O–H groups in total. The van der Waals surface area contributed by atoms with Gasteiger partial charge in [0.05, 0.1) is 12.6 Å². The SMILES string of the molecule is NC(=O)c1noc(CN2CCCC2c2nc(-c3ccccc3)no2)n1. The van der Waals surface area contributed by atoms with E-state index in [9.17, 15) is 4.79 Å². The maximum absolute atomic E-state index is 11.1. The molecule has 1 unspecified atom stereocenters. The number of likely N-dealkylation sites (tertiary alicyclic amines) is 1. The Morgan fingerprint density at radius 3 is 2.80 bits per heavy atom. The van der Waals surface area contributed by atoms with Crippen molar-refractivity contribution in [3.8, 4) is 11.4 Å². The first-order valence-corrected chi connectivity index (χ1v) is 7.96. The van der Waals surface area contributed by atoms with Crippen LogP contribution < -0.4 is 5.73 Å². The van der Waals surface area contributed by atoms with E-state index in [-0.39, 0.29) is 11.9 Å². The van der Waals surface area contributed by atoms with Crippen LogP contribution in [0.15, 0.2) is 39.4 Å². The van der Waals surface area contributed by atoms with E-state index in [0.29, 0.717) is 24.2 Å². The van der Waals surface area contributed by atoms with Crippen molar-refractivity contribution < 1.29 is 13.8 Å². The van der Waals surface area contributed by atoms with Gasteiger partial charge in [-0.3, -0.25) is 9.69 Å². The fourth-order valence-corrected chi connectivity index (χ4v) is 2.96. The molecule has 1 aliphatic heterocycles. The van der Waals surface area contributed by atoms with Crippen LogP contribution in [0.4, 0.5) is 0 Å². The van der Waals surface area contributed by atoms with E-state index in [4.69, 9.17) is 14.8 Å². The summed E-state index contributed by atoms with van der Waals surface area (Å²) in [6.45, 7) is 1.23. The van der Waals surface area contributed by atoms with Crippen molar-refractivity contribution >= 4 is 5.91 Å². The molecule has 0 bridgehead atoms. The van der Waals surface area contributed by atoms with Gasteiger partial charge >= 0.3 is 0 Å². The second kappa shape index (κ2) is 6.44. The molecule has 3 aromatic rings. The van der Waals surface area contributed by atoms with Crippen molar-refractivity contribution in [1.82, 2.24) is 25.2 Å². The van der Waals surface area contributed by atoms with E-state index in [2.05, 4.69) is 25.2 Å². The maximum atomic E-state index is 11.1. The smallest absolute Gasteiger partial charge is 0.290 e. The molecule has 25 heavy (non-hydrogen) atoms. The molecular formula is C16H16N6O3. The topological polar surface area (TPSA) is 124 Å². The maximum Gasteiger partial charge on any atom is 0.290 e. The van der Waals surface area contributed by atoms with Crippen LogP contribution in [-0.4, -0.2) is 37.6 Å². The first-order chi connectivity index (χ1) is 12.2. The Balaban J connectivity index is 1.51. The number of hydrogen-bond acceptors (Lipinski definition) is 8. The zero-order valence-corrected chi connectivity index (χ0v) is 13.3. The normalized spacial score (nSPS) is 17.8. The predicted molar refractivity (Wildman–Crippen MR) is 84.9 cm³/mol. The largest absolute Gasteiger partial charge is 0.363 e. The molecule has 0 saturated carbocycles. The minimum absolute atomic E-state index is 0.0195. The van der Waals surface area contributed by atoms with Crippen molar-refractivity contribution in [3.05, 3.63) is 47.9 Å². The summed E-state index contributed by atoms with van der Waals surface area (Å²) in [6, 6.07) is 9.65. The van der Waals surface area contributed by atoms with Crippen molar-refractivity contribution in [2.75, 3.05) is 6.54 Å². The second-order valence-electron chi connectivity index (χ2n) is 5.83. The van der Waals surface area contributed by atoms with Crippen molar-refractivity contribution in [2.24, 2.45) is 5.73 Å². The number of rotatable bonds is 5. The van der Waals surface area contributed by atoms with Crippen LogP contribution in [0, 0.1) is 0 Å². The molecule has 4 rings (SSSR count). The summed E-state index contributed by atoms with van der Waals surface area (Å²) in [7, 11) is 0. The summed E-state index contributed by atoms with van der Waals surface area (Å²) in [5.41, 5.74) is 6.05. The summed E-state index contributed by atoms with van der Waals surface area (Å²) in [6.07, 6.45) is 1.89. The van der Waals surface area contributed by atoms with E-state index in [1.54, 1.807) is 0 Å². The molecule has 1 amide bonds. The number of primary amides is 1. The number of nitrogens with two attached hydrogens (primary N) is 1. The van der Waals surface area contributed by atoms with Gasteiger partial charge in [-0.05, 0) is 19.4 Å². The Kier molecular flexibility index (Phi) is 3.98. The standard InChI is InChI=1S/C16H16N6O3/c17-13(23)15-18-12(24-21-15)9-22-8-4-7-11(22)16-19-14(20-25-16)10-5-2-1-3-6-10/h1-3,5-6,11H,4,7-9H2,(H2,17,23). The van der Waals surface area contributed by atoms with Crippen LogP contribution in [0.25, 0.3) is 11.4 Å². The van der Waals surface area contributed by atoms with Gasteiger partial charge in [-0.2, -0.15) is 9.97 Å². The van der Waals surface area contributed by atoms with Crippen LogP contribution in [0.2, 0.25) is 0 Å². The molecule has 128 valence electrons. The van der Waals surface area contributed by atoms with Gasteiger partial charge in [0.15, 0.2) is 0 Å². The number of amides is 1. The molecule has 9 nitrogen and oxygen atoms in total. The Morgan fingerprint density at radius 2 is 2.04 bits per heavy atom. The molecule has 3 heterocycles. The highest BCUT2D eigenvalue weighted by molar-refractivity contribution is 5.88. The lowest BCUT2D eigenvalue weighted by Gasteiger charge is -2.18. The zero-order chi connectivity index (χ0) is 17.2. The van der Waals surface area contributed by atoms with Crippen LogP contribution in [0.5, 0.6) is 0 Å². The number of carbonyl (C=O) groups is 1. The van der Waals surface area contributed by atoms with Gasteiger partial charge in [0, 0.05) is 5.56 Å². The summed E-state index contributed by atoms with van der Waals surface area (Å²) in [5.74, 6) is 0.637. The fraction of sp³-hybridized carbons (Fsp3) is 0.312. The second-order valence-corrected chi connectivity index (χ2v) is 5.83. The third-order valence-corrected chi connectivity index (χ3v) is 4.15. The molecule has 1 atom stereocenters. The summed E-state index contributed by atoms with van der Waals surface area (Å²) in [4.78, 5) is 21.7. The molecule has 0 radical (unpaired) electrons. The number of carbonyl (C=O) groups excluding carboxylic acids is 1. The summed E-state index contributed by atoms with van der Waals surface area (Å²) < 4.78 is 10.5. The molecule has 0 aliphatic carbocycles. The van der Waals surface area contributed by atoms with Gasteiger partial charge in [-0.15, -0.1) is 0 Å². The average molecular weight is 340 g/mol. The van der Waals surface area contributed by atoms with E-state index < -0.39 is 5.91 Å². The third-order valence-electron chi connectivity index (χ3n) is 4.15. The Morgan fingerprint density at radius 1 is 1.20 bits per heavy atom. The molecule has 1 aliphatic rings. The first-order valence-electron chi connectivity index (χ1n) is 7.96. The highest BCUT2D eigenvalue weighted by Gasteiger charge is 2.32. The molecule has 0 spiro atoms. The fourth-order valence-electron chi connectivity index (χ4n) is 2.96. The van der Waals surface area contributed by atoms with E-state index in [0.717, 1.165) is 24.9 Å². The van der Waals surface area contributed by atoms with Crippen LogP contribution in [0.3, 0.4) is 0 Å². The summed E-state index contributed by atoms with van der Waals surface area (Å²) >= 11 is 0. The van der Waals surface area contributed by atoms with Gasteiger partial charge in [-0.25, -0.2) is 0 Å². The molecular weight excluding hydrogens is 324 g/mol. The Bertz CT molecular complexity index is 875. The van der Waals surface area contributed by atoms with E-state index >= 15 is 0 Å². The van der Waals surface area contributed by atoms with Gasteiger partial charge in [0.25, 0.3) is 11.7 Å². The van der Waals surface area contributed by atoms with E-state index in [1.165, 1.54) is 0 Å². The number of hydrogen-bond donors (Lipinski definition) is 1. The predicted octanol–water partition coefficient (Wildman–Crippen LogP) is 1.56. The molecule has 1 saturated heterocycles. The van der Waals surface area contributed by atoms with Crippen molar-refractivity contribution in [2.45, 2.75) is 25.4 Å². The van der Waals surface area contributed by atoms with Gasteiger partial charge in [-0.1, -0.05) is 40.6 Å². The van der Waals surface area contributed by atoms with Gasteiger partial charge in [0.1, 0.15) is 0 Å². The van der Waals surface area contributed by atoms with Crippen LogP contribution >= 0.6 is 0 Å². The number of aromatic nitrogens is 4. The third kappa shape index (κ3) is 3.13. The number of benzene rings is 1. The minimum Gasteiger partial charge on any atom is -0.363 e. The van der Waals surface area contributed by atoms with Crippen LogP contribution in [-0.2, 0) is 6.54 Å². The van der Waals surface area contributed by atoms with Crippen molar-refractivity contribution in [3.63, 3.8) is 0 Å². The highest BCUT2D eigenvalue weighted by Crippen LogP contribution is 2.32. The highest BCUT2D eigenvalue weighted by atomic mass is 16.5. The van der Waals surface area contributed by atoms with Crippen LogP contribution in [0.1, 0.15) is 41.3 Å². The molecule has 1 fully saturated rings. The Hall–Kier alpha value is -3.07. The first kappa shape index (κ1) is 15.5. The van der Waals surface area contributed by atoms with Gasteiger partial charge < -0.3 is 14.8 Å².